The van der Waals surface area contributed by atoms with Crippen LogP contribution in [0.5, 0.6) is 0 Å². The van der Waals surface area contributed by atoms with Gasteiger partial charge in [0.15, 0.2) is 0 Å². The molecular weight excluding hydrogens is 286 g/mol. The summed E-state index contributed by atoms with van der Waals surface area (Å²) in [6.07, 6.45) is 9.74. The van der Waals surface area contributed by atoms with E-state index in [2.05, 4.69) is 5.32 Å². The van der Waals surface area contributed by atoms with Crippen molar-refractivity contribution in [3.05, 3.63) is 33.5 Å². The van der Waals surface area contributed by atoms with E-state index in [1.54, 1.807) is 23.5 Å². The molecule has 0 aromatic carbocycles. The summed E-state index contributed by atoms with van der Waals surface area (Å²) in [5.74, 6) is -1.38. The summed E-state index contributed by atoms with van der Waals surface area (Å²) in [4.78, 5) is 25.3. The van der Waals surface area contributed by atoms with E-state index in [0.29, 0.717) is 6.42 Å². The van der Waals surface area contributed by atoms with Gasteiger partial charge in [-0.15, -0.1) is 11.3 Å². The second kappa shape index (κ2) is 6.02. The number of nitrogens with one attached hydrogen (secondary N) is 1. The molecule has 0 bridgehead atoms. The van der Waals surface area contributed by atoms with Crippen LogP contribution < -0.4 is 5.32 Å². The second-order valence-electron chi connectivity index (χ2n) is 5.77. The molecule has 0 radical (unpaired) electrons. The molecule has 112 valence electrons. The molecule has 2 unspecified atom stereocenters. The highest BCUT2D eigenvalue weighted by molar-refractivity contribution is 7.14. The Labute approximate surface area is 127 Å². The van der Waals surface area contributed by atoms with E-state index >= 15 is 0 Å². The van der Waals surface area contributed by atoms with Crippen LogP contribution in [0.25, 0.3) is 0 Å². The third-order valence-corrected chi connectivity index (χ3v) is 5.42. The average molecular weight is 305 g/mol. The van der Waals surface area contributed by atoms with E-state index < -0.39 is 11.9 Å². The van der Waals surface area contributed by atoms with Crippen LogP contribution in [-0.2, 0) is 17.6 Å². The number of hydrogen-bond acceptors (Lipinski definition) is 3. The monoisotopic (exact) mass is 305 g/mol. The van der Waals surface area contributed by atoms with Crippen molar-refractivity contribution < 1.29 is 14.7 Å². The summed E-state index contributed by atoms with van der Waals surface area (Å²) in [6, 6.07) is 1.86. The lowest BCUT2D eigenvalue weighted by atomic mass is 10.1. The third kappa shape index (κ3) is 3.18. The van der Waals surface area contributed by atoms with Crippen molar-refractivity contribution in [3.63, 3.8) is 0 Å². The number of thiophene rings is 1. The number of aryl methyl sites for hydroxylation is 2. The SMILES string of the molecule is O=C(NC1C=CC(C(=O)O)C1)c1cc2c(s1)CCCCC2. The molecular formula is C16H19NO3S. The number of hydrogen-bond donors (Lipinski definition) is 2. The molecule has 2 aliphatic carbocycles. The molecule has 1 heterocycles. The number of carboxylic acid groups (broad SMARTS) is 1. The van der Waals surface area contributed by atoms with E-state index in [4.69, 9.17) is 5.11 Å². The van der Waals surface area contributed by atoms with Crippen LogP contribution in [0.1, 0.15) is 45.8 Å². The van der Waals surface area contributed by atoms with Crippen LogP contribution in [0.3, 0.4) is 0 Å². The van der Waals surface area contributed by atoms with E-state index in [9.17, 15) is 9.59 Å². The highest BCUT2D eigenvalue weighted by Crippen LogP contribution is 2.29. The highest BCUT2D eigenvalue weighted by Gasteiger charge is 2.26. The first-order valence-electron chi connectivity index (χ1n) is 7.47. The molecule has 0 saturated carbocycles. The first-order valence-corrected chi connectivity index (χ1v) is 8.28. The number of rotatable bonds is 3. The molecule has 21 heavy (non-hydrogen) atoms. The quantitative estimate of drug-likeness (QED) is 0.666. The number of carboxylic acids is 1. The Morgan fingerprint density at radius 2 is 2.00 bits per heavy atom. The third-order valence-electron chi connectivity index (χ3n) is 4.19. The van der Waals surface area contributed by atoms with Crippen molar-refractivity contribution in [3.8, 4) is 0 Å². The van der Waals surface area contributed by atoms with Crippen LogP contribution in [0.4, 0.5) is 0 Å². The predicted octanol–water partition coefficient (Wildman–Crippen LogP) is 2.78. The molecule has 2 N–H and O–H groups in total. The fourth-order valence-electron chi connectivity index (χ4n) is 3.01. The summed E-state index contributed by atoms with van der Waals surface area (Å²) in [7, 11) is 0. The van der Waals surface area contributed by atoms with Gasteiger partial charge in [0.2, 0.25) is 0 Å². The van der Waals surface area contributed by atoms with Gasteiger partial charge in [0.25, 0.3) is 5.91 Å². The van der Waals surface area contributed by atoms with Gasteiger partial charge in [-0.25, -0.2) is 0 Å². The summed E-state index contributed by atoms with van der Waals surface area (Å²) in [5.41, 5.74) is 1.33. The Bertz CT molecular complexity index is 567. The number of carbonyl (C=O) groups excluding carboxylic acids is 1. The van der Waals surface area contributed by atoms with Crippen molar-refractivity contribution in [2.24, 2.45) is 5.92 Å². The van der Waals surface area contributed by atoms with Gasteiger partial charge in [-0.05, 0) is 43.7 Å². The Morgan fingerprint density at radius 3 is 2.76 bits per heavy atom. The minimum absolute atomic E-state index is 0.0752. The highest BCUT2D eigenvalue weighted by atomic mass is 32.1. The van der Waals surface area contributed by atoms with Gasteiger partial charge < -0.3 is 10.4 Å². The molecule has 3 rings (SSSR count). The van der Waals surface area contributed by atoms with Crippen LogP contribution in [0, 0.1) is 5.92 Å². The van der Waals surface area contributed by atoms with E-state index in [1.165, 1.54) is 29.7 Å². The summed E-state index contributed by atoms with van der Waals surface area (Å²) >= 11 is 1.59. The van der Waals surface area contributed by atoms with Crippen molar-refractivity contribution in [2.75, 3.05) is 0 Å². The van der Waals surface area contributed by atoms with Crippen molar-refractivity contribution in [1.29, 1.82) is 0 Å². The Kier molecular flexibility index (Phi) is 4.10. The Balaban J connectivity index is 1.64. The van der Waals surface area contributed by atoms with Gasteiger partial charge in [-0.2, -0.15) is 0 Å². The zero-order chi connectivity index (χ0) is 14.8. The molecule has 0 spiro atoms. The molecule has 0 aliphatic heterocycles. The van der Waals surface area contributed by atoms with Crippen LogP contribution in [-0.4, -0.2) is 23.0 Å². The van der Waals surface area contributed by atoms with E-state index in [-0.39, 0.29) is 11.9 Å². The van der Waals surface area contributed by atoms with Gasteiger partial charge in [0.1, 0.15) is 0 Å². The van der Waals surface area contributed by atoms with Gasteiger partial charge in [-0.1, -0.05) is 18.6 Å². The van der Waals surface area contributed by atoms with Gasteiger partial charge in [0, 0.05) is 10.9 Å². The molecule has 0 saturated heterocycles. The molecule has 0 fully saturated rings. The summed E-state index contributed by atoms with van der Waals surface area (Å²) in [6.45, 7) is 0. The van der Waals surface area contributed by atoms with E-state index in [0.717, 1.165) is 17.7 Å². The van der Waals surface area contributed by atoms with Gasteiger partial charge in [0.05, 0.1) is 10.8 Å². The van der Waals surface area contributed by atoms with Gasteiger partial charge >= 0.3 is 5.97 Å². The molecule has 2 aliphatic rings. The molecule has 5 heteroatoms. The maximum absolute atomic E-state index is 12.3. The first-order chi connectivity index (χ1) is 10.1. The summed E-state index contributed by atoms with van der Waals surface area (Å²) < 4.78 is 0. The smallest absolute Gasteiger partial charge is 0.310 e. The fraction of sp³-hybridized carbons (Fsp3) is 0.500. The minimum Gasteiger partial charge on any atom is -0.481 e. The molecule has 1 aromatic heterocycles. The lowest BCUT2D eigenvalue weighted by Gasteiger charge is -2.11. The van der Waals surface area contributed by atoms with Crippen LogP contribution >= 0.6 is 11.3 Å². The maximum atomic E-state index is 12.3. The van der Waals surface area contributed by atoms with Gasteiger partial charge in [-0.3, -0.25) is 9.59 Å². The topological polar surface area (TPSA) is 66.4 Å². The molecule has 2 atom stereocenters. The molecule has 4 nitrogen and oxygen atoms in total. The Morgan fingerprint density at radius 1 is 1.19 bits per heavy atom. The Hall–Kier alpha value is -1.62. The van der Waals surface area contributed by atoms with Crippen molar-refractivity contribution >= 4 is 23.2 Å². The number of fused-ring (bicyclic) bond motifs is 1. The lowest BCUT2D eigenvalue weighted by molar-refractivity contribution is -0.140. The van der Waals surface area contributed by atoms with Crippen molar-refractivity contribution in [2.45, 2.75) is 44.6 Å². The first kappa shape index (κ1) is 14.3. The predicted molar refractivity (Wildman–Crippen MR) is 81.7 cm³/mol. The fourth-order valence-corrected chi connectivity index (χ4v) is 4.16. The second-order valence-corrected chi connectivity index (χ2v) is 6.90. The van der Waals surface area contributed by atoms with Crippen LogP contribution in [0.2, 0.25) is 0 Å². The zero-order valence-electron chi connectivity index (χ0n) is 11.8. The van der Waals surface area contributed by atoms with Crippen molar-refractivity contribution in [1.82, 2.24) is 5.32 Å². The largest absolute Gasteiger partial charge is 0.481 e. The normalized spacial score (nSPS) is 24.4. The maximum Gasteiger partial charge on any atom is 0.310 e. The minimum atomic E-state index is -0.828. The number of carbonyl (C=O) groups is 2. The molecule has 1 aromatic rings. The number of amides is 1. The standard InChI is InChI=1S/C16H19NO3S/c18-15(17-12-7-6-11(8-12)16(19)20)14-9-10-4-2-1-3-5-13(10)21-14/h6-7,9,11-12H,1-5,8H2,(H,17,18)(H,19,20). The van der Waals surface area contributed by atoms with E-state index in [1.807, 2.05) is 6.07 Å². The molecule has 1 amide bonds. The zero-order valence-corrected chi connectivity index (χ0v) is 12.6. The lowest BCUT2D eigenvalue weighted by Crippen LogP contribution is -2.32. The van der Waals surface area contributed by atoms with Crippen LogP contribution in [0.15, 0.2) is 18.2 Å². The summed E-state index contributed by atoms with van der Waals surface area (Å²) in [5, 5.41) is 11.9. The number of aliphatic carboxylic acids is 1. The average Bonchev–Trinajstić information content (AvgIpc) is 3.01.